The fourth-order valence-electron chi connectivity index (χ4n) is 2.81. The lowest BCUT2D eigenvalue weighted by Crippen LogP contribution is -2.47. The molecule has 1 fully saturated rings. The smallest absolute Gasteiger partial charge is 0.310 e. The van der Waals surface area contributed by atoms with Gasteiger partial charge in [-0.2, -0.15) is 0 Å². The predicted octanol–water partition coefficient (Wildman–Crippen LogP) is 2.25. The highest BCUT2D eigenvalue weighted by Crippen LogP contribution is 2.34. The first-order valence-electron chi connectivity index (χ1n) is 6.51. The number of esters is 1. The molecule has 1 aromatic carbocycles. The summed E-state index contributed by atoms with van der Waals surface area (Å²) < 4.78 is 4.96. The van der Waals surface area contributed by atoms with Crippen LogP contribution >= 0.6 is 0 Å². The average Bonchev–Trinajstić information content (AvgIpc) is 2.38. The molecule has 98 valence electrons. The summed E-state index contributed by atoms with van der Waals surface area (Å²) in [5, 5.41) is 3.36. The predicted molar refractivity (Wildman–Crippen MR) is 71.5 cm³/mol. The van der Waals surface area contributed by atoms with Crippen molar-refractivity contribution in [3.05, 3.63) is 35.4 Å². The van der Waals surface area contributed by atoms with Crippen molar-refractivity contribution < 1.29 is 9.53 Å². The van der Waals surface area contributed by atoms with Crippen LogP contribution in [0.1, 0.15) is 30.4 Å². The minimum atomic E-state index is -0.111. The number of piperidine rings is 1. The Hall–Kier alpha value is -1.35. The van der Waals surface area contributed by atoms with Crippen LogP contribution in [0, 0.1) is 12.8 Å². The summed E-state index contributed by atoms with van der Waals surface area (Å²) in [6, 6.07) is 8.65. The Morgan fingerprint density at radius 2 is 2.00 bits per heavy atom. The first-order chi connectivity index (χ1) is 8.63. The van der Waals surface area contributed by atoms with Gasteiger partial charge in [0.25, 0.3) is 0 Å². The fourth-order valence-corrected chi connectivity index (χ4v) is 2.81. The Balaban J connectivity index is 2.27. The zero-order valence-electron chi connectivity index (χ0n) is 11.3. The molecule has 3 atom stereocenters. The molecule has 0 aliphatic carbocycles. The minimum Gasteiger partial charge on any atom is -0.469 e. The van der Waals surface area contributed by atoms with Gasteiger partial charge >= 0.3 is 5.97 Å². The molecular weight excluding hydrogens is 226 g/mol. The molecule has 3 heteroatoms. The number of hydrogen-bond donors (Lipinski definition) is 1. The first kappa shape index (κ1) is 13.1. The molecule has 0 aromatic heterocycles. The van der Waals surface area contributed by atoms with Gasteiger partial charge in [0.05, 0.1) is 13.0 Å². The number of carbonyl (C=O) groups is 1. The number of hydrogen-bond acceptors (Lipinski definition) is 3. The summed E-state index contributed by atoms with van der Waals surface area (Å²) >= 11 is 0. The normalized spacial score (nSPS) is 27.8. The molecule has 1 heterocycles. The van der Waals surface area contributed by atoms with E-state index in [9.17, 15) is 4.79 Å². The molecule has 0 saturated carbocycles. The highest BCUT2D eigenvalue weighted by atomic mass is 16.5. The second kappa shape index (κ2) is 5.53. The number of benzene rings is 1. The number of aryl methyl sites for hydroxylation is 1. The lowest BCUT2D eigenvalue weighted by atomic mass is 9.77. The monoisotopic (exact) mass is 247 g/mol. The van der Waals surface area contributed by atoms with E-state index < -0.39 is 0 Å². The molecule has 3 unspecified atom stereocenters. The standard InChI is InChI=1S/C15H21NO2/c1-10-4-6-12(7-5-10)13-8-9-16-11(2)14(13)15(17)18-3/h4-7,11,13-14,16H,8-9H2,1-3H3. The van der Waals surface area contributed by atoms with E-state index in [0.717, 1.165) is 13.0 Å². The van der Waals surface area contributed by atoms with Crippen molar-refractivity contribution in [3.63, 3.8) is 0 Å². The largest absolute Gasteiger partial charge is 0.469 e. The molecule has 0 radical (unpaired) electrons. The molecule has 1 N–H and O–H groups in total. The first-order valence-corrected chi connectivity index (χ1v) is 6.51. The zero-order chi connectivity index (χ0) is 13.1. The van der Waals surface area contributed by atoms with Crippen molar-refractivity contribution in [2.24, 2.45) is 5.92 Å². The SMILES string of the molecule is COC(=O)C1C(C)NCCC1c1ccc(C)cc1. The lowest BCUT2D eigenvalue weighted by Gasteiger charge is -2.35. The van der Waals surface area contributed by atoms with Gasteiger partial charge in [-0.1, -0.05) is 29.8 Å². The van der Waals surface area contributed by atoms with Crippen LogP contribution in [-0.2, 0) is 9.53 Å². The van der Waals surface area contributed by atoms with E-state index in [-0.39, 0.29) is 23.8 Å². The Labute approximate surface area is 109 Å². The summed E-state index contributed by atoms with van der Waals surface area (Å²) in [6.45, 7) is 5.09. The molecule has 0 amide bonds. The maximum atomic E-state index is 12.0. The van der Waals surface area contributed by atoms with Crippen LogP contribution in [0.2, 0.25) is 0 Å². The van der Waals surface area contributed by atoms with Gasteiger partial charge in [0.15, 0.2) is 0 Å². The van der Waals surface area contributed by atoms with Crippen molar-refractivity contribution in [1.29, 1.82) is 0 Å². The van der Waals surface area contributed by atoms with Crippen LogP contribution in [0.25, 0.3) is 0 Å². The van der Waals surface area contributed by atoms with Crippen LogP contribution in [0.3, 0.4) is 0 Å². The highest BCUT2D eigenvalue weighted by molar-refractivity contribution is 5.74. The second-order valence-corrected chi connectivity index (χ2v) is 5.10. The molecule has 2 rings (SSSR count). The van der Waals surface area contributed by atoms with Crippen LogP contribution in [0.5, 0.6) is 0 Å². The van der Waals surface area contributed by atoms with Gasteiger partial charge in [-0.15, -0.1) is 0 Å². The highest BCUT2D eigenvalue weighted by Gasteiger charge is 2.37. The van der Waals surface area contributed by atoms with E-state index in [2.05, 4.69) is 43.4 Å². The van der Waals surface area contributed by atoms with E-state index in [1.54, 1.807) is 0 Å². The molecule has 0 spiro atoms. The average molecular weight is 247 g/mol. The van der Waals surface area contributed by atoms with Crippen molar-refractivity contribution in [3.8, 4) is 0 Å². The number of ether oxygens (including phenoxy) is 1. The van der Waals surface area contributed by atoms with Crippen LogP contribution in [0.4, 0.5) is 0 Å². The third kappa shape index (κ3) is 2.56. The number of rotatable bonds is 2. The van der Waals surface area contributed by atoms with Crippen LogP contribution in [-0.4, -0.2) is 25.7 Å². The van der Waals surface area contributed by atoms with Crippen molar-refractivity contribution >= 4 is 5.97 Å². The van der Waals surface area contributed by atoms with Gasteiger partial charge in [-0.3, -0.25) is 4.79 Å². The van der Waals surface area contributed by atoms with Crippen LogP contribution in [0.15, 0.2) is 24.3 Å². The number of carbonyl (C=O) groups excluding carboxylic acids is 1. The lowest BCUT2D eigenvalue weighted by molar-refractivity contribution is -0.148. The molecule has 0 bridgehead atoms. The quantitative estimate of drug-likeness (QED) is 0.815. The molecular formula is C15H21NO2. The molecule has 1 aliphatic rings. The Bertz CT molecular complexity index is 413. The molecule has 1 aromatic rings. The van der Waals surface area contributed by atoms with E-state index in [4.69, 9.17) is 4.74 Å². The molecule has 1 aliphatic heterocycles. The third-order valence-corrected chi connectivity index (χ3v) is 3.87. The summed E-state index contributed by atoms with van der Waals surface area (Å²) in [5.74, 6) is 0.0565. The van der Waals surface area contributed by atoms with E-state index in [1.165, 1.54) is 18.2 Å². The minimum absolute atomic E-state index is 0.0912. The molecule has 3 nitrogen and oxygen atoms in total. The summed E-state index contributed by atoms with van der Waals surface area (Å²) in [7, 11) is 1.47. The number of nitrogens with one attached hydrogen (secondary N) is 1. The van der Waals surface area contributed by atoms with E-state index >= 15 is 0 Å². The summed E-state index contributed by atoms with van der Waals surface area (Å²) in [4.78, 5) is 12.0. The van der Waals surface area contributed by atoms with E-state index in [0.29, 0.717) is 0 Å². The van der Waals surface area contributed by atoms with E-state index in [1.807, 2.05) is 0 Å². The van der Waals surface area contributed by atoms with Gasteiger partial charge in [-0.25, -0.2) is 0 Å². The van der Waals surface area contributed by atoms with Gasteiger partial charge in [0.1, 0.15) is 0 Å². The summed E-state index contributed by atoms with van der Waals surface area (Å²) in [6.07, 6.45) is 0.979. The maximum Gasteiger partial charge on any atom is 0.310 e. The molecule has 1 saturated heterocycles. The fraction of sp³-hybridized carbons (Fsp3) is 0.533. The Morgan fingerprint density at radius 1 is 1.33 bits per heavy atom. The van der Waals surface area contributed by atoms with Gasteiger partial charge in [0.2, 0.25) is 0 Å². The third-order valence-electron chi connectivity index (χ3n) is 3.87. The zero-order valence-corrected chi connectivity index (χ0v) is 11.3. The maximum absolute atomic E-state index is 12.0. The van der Waals surface area contributed by atoms with Gasteiger partial charge in [-0.05, 0) is 38.3 Å². The van der Waals surface area contributed by atoms with Crippen molar-refractivity contribution in [2.75, 3.05) is 13.7 Å². The second-order valence-electron chi connectivity index (χ2n) is 5.10. The topological polar surface area (TPSA) is 38.3 Å². The van der Waals surface area contributed by atoms with Crippen molar-refractivity contribution in [1.82, 2.24) is 5.32 Å². The number of methoxy groups -OCH3 is 1. The molecule has 18 heavy (non-hydrogen) atoms. The Morgan fingerprint density at radius 3 is 2.61 bits per heavy atom. The van der Waals surface area contributed by atoms with Gasteiger partial charge in [0, 0.05) is 6.04 Å². The van der Waals surface area contributed by atoms with Gasteiger partial charge < -0.3 is 10.1 Å². The Kier molecular flexibility index (Phi) is 4.02. The van der Waals surface area contributed by atoms with Crippen LogP contribution < -0.4 is 5.32 Å². The van der Waals surface area contributed by atoms with Crippen molar-refractivity contribution in [2.45, 2.75) is 32.2 Å². The summed E-state index contributed by atoms with van der Waals surface area (Å²) in [5.41, 5.74) is 2.49.